The van der Waals surface area contributed by atoms with Crippen molar-refractivity contribution in [3.63, 3.8) is 0 Å². The molecule has 226 valence electrons. The Labute approximate surface area is 260 Å². The van der Waals surface area contributed by atoms with Gasteiger partial charge in [-0.25, -0.2) is 8.42 Å². The van der Waals surface area contributed by atoms with Gasteiger partial charge in [-0.3, -0.25) is 4.79 Å². The zero-order chi connectivity index (χ0) is 30.7. The maximum atomic E-state index is 12.2. The van der Waals surface area contributed by atoms with Gasteiger partial charge >= 0.3 is 0 Å². The molecule has 6 nitrogen and oxygen atoms in total. The topological polar surface area (TPSA) is 84.5 Å². The van der Waals surface area contributed by atoms with E-state index in [1.165, 1.54) is 24.9 Å². The molecule has 2 aromatic rings. The number of hydrogen-bond donors (Lipinski definition) is 2. The van der Waals surface area contributed by atoms with Crippen LogP contribution in [0.2, 0.25) is 0 Å². The molecule has 40 heavy (non-hydrogen) atoms. The second kappa shape index (κ2) is 27.3. The number of carbonyl (C=O) groups excluding carboxylic acids is 1. The second-order valence-corrected chi connectivity index (χ2v) is 11.0. The Hall–Kier alpha value is -1.84. The van der Waals surface area contributed by atoms with Crippen LogP contribution < -0.4 is 10.6 Å². The van der Waals surface area contributed by atoms with Gasteiger partial charge in [-0.2, -0.15) is 0 Å². The summed E-state index contributed by atoms with van der Waals surface area (Å²) in [7, 11) is -3.35. The SMILES string of the molecule is C/C=C\COCCCCBr.CCN/C=C/CCl.CCNC(=O)c1cc(S(C)(=O)=O)ccc1-c1ccccc1.CCl. The molecule has 0 atom stereocenters. The number of hydrogen-bond acceptors (Lipinski definition) is 5. The first-order valence-corrected chi connectivity index (χ1v) is 17.3. The van der Waals surface area contributed by atoms with E-state index in [9.17, 15) is 13.2 Å². The molecule has 0 saturated heterocycles. The summed E-state index contributed by atoms with van der Waals surface area (Å²) in [6.45, 7) is 8.96. The fourth-order valence-corrected chi connectivity index (χ4v) is 3.99. The van der Waals surface area contributed by atoms with Crippen molar-refractivity contribution in [2.45, 2.75) is 38.5 Å². The van der Waals surface area contributed by atoms with Crippen LogP contribution in [0.5, 0.6) is 0 Å². The van der Waals surface area contributed by atoms with Crippen molar-refractivity contribution in [2.75, 3.05) is 50.2 Å². The van der Waals surface area contributed by atoms with Crippen LogP contribution in [0.3, 0.4) is 0 Å². The largest absolute Gasteiger partial charge is 0.391 e. The Kier molecular flexibility index (Phi) is 27.5. The highest BCUT2D eigenvalue weighted by Crippen LogP contribution is 2.26. The maximum Gasteiger partial charge on any atom is 0.251 e. The Balaban J connectivity index is 0. The number of sulfone groups is 1. The van der Waals surface area contributed by atoms with Gasteiger partial charge in [0, 0.05) is 49.1 Å². The van der Waals surface area contributed by atoms with E-state index in [-0.39, 0.29) is 10.8 Å². The van der Waals surface area contributed by atoms with Crippen molar-refractivity contribution >= 4 is 54.9 Å². The van der Waals surface area contributed by atoms with E-state index < -0.39 is 9.84 Å². The van der Waals surface area contributed by atoms with Gasteiger partial charge in [0.15, 0.2) is 9.84 Å². The standard InChI is InChI=1S/C16H17NO3S.C8H15BrO.C5H10ClN.CH3Cl/c1-3-17-16(18)15-11-13(21(2,19)20)9-10-14(15)12-7-5-4-6-8-12;1-2-3-7-10-8-5-4-6-9;1-2-7-5-3-4-6;1-2/h4-11H,3H2,1-2H3,(H,17,18);2-3H,4-8H2,1H3;3,5,7H,2,4H2,1H3;1H3/b;3-2-;5-3+;. The molecular formula is C30H45BrCl2N2O4S. The molecule has 0 saturated carbocycles. The van der Waals surface area contributed by atoms with Gasteiger partial charge in [-0.1, -0.05) is 70.6 Å². The first kappa shape index (κ1) is 40.3. The van der Waals surface area contributed by atoms with Crippen molar-refractivity contribution in [3.05, 3.63) is 78.5 Å². The molecule has 0 fully saturated rings. The minimum atomic E-state index is -3.35. The summed E-state index contributed by atoms with van der Waals surface area (Å²) in [6, 6.07) is 14.1. The van der Waals surface area contributed by atoms with Crippen LogP contribution in [0, 0.1) is 0 Å². The normalized spacial score (nSPS) is 10.5. The summed E-state index contributed by atoms with van der Waals surface area (Å²) < 4.78 is 28.6. The van der Waals surface area contributed by atoms with Crippen LogP contribution in [-0.4, -0.2) is 64.5 Å². The predicted octanol–water partition coefficient (Wildman–Crippen LogP) is 7.46. The number of rotatable bonds is 13. The number of benzene rings is 2. The molecular weight excluding hydrogens is 635 g/mol. The van der Waals surface area contributed by atoms with Crippen molar-refractivity contribution in [1.29, 1.82) is 0 Å². The number of ether oxygens (including phenoxy) is 1. The van der Waals surface area contributed by atoms with Crippen LogP contribution in [0.1, 0.15) is 44.0 Å². The summed E-state index contributed by atoms with van der Waals surface area (Å²) in [5, 5.41) is 6.78. The zero-order valence-electron chi connectivity index (χ0n) is 24.3. The summed E-state index contributed by atoms with van der Waals surface area (Å²) in [4.78, 5) is 12.4. The average Bonchev–Trinajstić information content (AvgIpc) is 2.97. The van der Waals surface area contributed by atoms with E-state index >= 15 is 0 Å². The van der Waals surface area contributed by atoms with E-state index in [1.54, 1.807) is 6.07 Å². The molecule has 0 unspecified atom stereocenters. The van der Waals surface area contributed by atoms with Crippen LogP contribution in [0.15, 0.2) is 77.9 Å². The molecule has 2 N–H and O–H groups in total. The summed E-state index contributed by atoms with van der Waals surface area (Å²) in [5.74, 6) is 0.314. The Morgan fingerprint density at radius 1 is 1.02 bits per heavy atom. The number of carbonyl (C=O) groups is 1. The molecule has 0 radical (unpaired) electrons. The van der Waals surface area contributed by atoms with Gasteiger partial charge in [0.25, 0.3) is 5.91 Å². The van der Waals surface area contributed by atoms with Gasteiger partial charge in [-0.05, 0) is 63.1 Å². The quantitative estimate of drug-likeness (QED) is 0.130. The van der Waals surface area contributed by atoms with E-state index in [4.69, 9.17) is 16.3 Å². The van der Waals surface area contributed by atoms with Crippen molar-refractivity contribution < 1.29 is 17.9 Å². The summed E-state index contributed by atoms with van der Waals surface area (Å²) >= 11 is 13.3. The molecule has 0 aliphatic carbocycles. The Morgan fingerprint density at radius 2 is 1.70 bits per heavy atom. The van der Waals surface area contributed by atoms with Crippen molar-refractivity contribution in [1.82, 2.24) is 10.6 Å². The van der Waals surface area contributed by atoms with Gasteiger partial charge in [0.1, 0.15) is 0 Å². The molecule has 0 bridgehead atoms. The van der Waals surface area contributed by atoms with E-state index in [2.05, 4.69) is 38.2 Å². The third-order valence-corrected chi connectivity index (χ3v) is 6.59. The highest BCUT2D eigenvalue weighted by molar-refractivity contribution is 9.09. The second-order valence-electron chi connectivity index (χ2n) is 7.86. The van der Waals surface area contributed by atoms with Gasteiger partial charge in [0.05, 0.1) is 11.5 Å². The molecule has 0 aliphatic heterocycles. The molecule has 10 heteroatoms. The van der Waals surface area contributed by atoms with Crippen molar-refractivity contribution in [3.8, 4) is 11.1 Å². The number of unbranched alkanes of at least 4 members (excludes halogenated alkanes) is 1. The molecule has 2 rings (SSSR count). The first-order valence-electron chi connectivity index (χ1n) is 13.0. The van der Waals surface area contributed by atoms with Crippen LogP contribution in [0.25, 0.3) is 11.1 Å². The van der Waals surface area contributed by atoms with E-state index in [0.717, 1.165) is 43.3 Å². The molecule has 0 heterocycles. The third-order valence-electron chi connectivity index (χ3n) is 4.74. The number of alkyl halides is 3. The fourth-order valence-electron chi connectivity index (χ4n) is 2.86. The first-order chi connectivity index (χ1) is 19.3. The lowest BCUT2D eigenvalue weighted by molar-refractivity contribution is 0.0956. The summed E-state index contributed by atoms with van der Waals surface area (Å²) in [6.07, 6.45) is 12.7. The van der Waals surface area contributed by atoms with Crippen molar-refractivity contribution in [2.24, 2.45) is 0 Å². The average molecular weight is 681 g/mol. The molecule has 0 aliphatic rings. The van der Waals surface area contributed by atoms with E-state index in [1.807, 2.05) is 75.5 Å². The highest BCUT2D eigenvalue weighted by atomic mass is 79.9. The number of halogens is 3. The molecule has 0 spiro atoms. The Bertz CT molecular complexity index is 1070. The molecule has 0 aromatic heterocycles. The van der Waals surface area contributed by atoms with Gasteiger partial charge in [0.2, 0.25) is 0 Å². The summed E-state index contributed by atoms with van der Waals surface area (Å²) in [5.41, 5.74) is 1.96. The van der Waals surface area contributed by atoms with Crippen LogP contribution in [0.4, 0.5) is 0 Å². The smallest absolute Gasteiger partial charge is 0.251 e. The van der Waals surface area contributed by atoms with Gasteiger partial charge < -0.3 is 15.4 Å². The lowest BCUT2D eigenvalue weighted by Crippen LogP contribution is -2.23. The Morgan fingerprint density at radius 3 is 2.23 bits per heavy atom. The van der Waals surface area contributed by atoms with E-state index in [0.29, 0.717) is 23.6 Å². The highest BCUT2D eigenvalue weighted by Gasteiger charge is 2.16. The molecule has 2 aromatic carbocycles. The van der Waals surface area contributed by atoms with Gasteiger partial charge in [-0.15, -0.1) is 23.2 Å². The number of allylic oxidation sites excluding steroid dienone is 2. The lowest BCUT2D eigenvalue weighted by atomic mass is 9.99. The maximum absolute atomic E-state index is 12.2. The van der Waals surface area contributed by atoms with Crippen LogP contribution in [-0.2, 0) is 14.6 Å². The minimum absolute atomic E-state index is 0.142. The monoisotopic (exact) mass is 678 g/mol. The van der Waals surface area contributed by atoms with Crippen LogP contribution >= 0.6 is 39.1 Å². The number of nitrogens with one attached hydrogen (secondary N) is 2. The number of amides is 1. The fraction of sp³-hybridized carbons (Fsp3) is 0.433. The zero-order valence-corrected chi connectivity index (χ0v) is 28.2. The minimum Gasteiger partial charge on any atom is -0.391 e. The lowest BCUT2D eigenvalue weighted by Gasteiger charge is -2.11. The molecule has 1 amide bonds. The third kappa shape index (κ3) is 20.1. The predicted molar refractivity (Wildman–Crippen MR) is 177 cm³/mol.